The Kier molecular flexibility index (Phi) is 3.08. The molecular weight excluding hydrogens is 230 g/mol. The Hall–Kier alpha value is -1.18. The topological polar surface area (TPSA) is 99.7 Å². The van der Waals surface area contributed by atoms with Crippen molar-refractivity contribution >= 4 is 22.4 Å². The van der Waals surface area contributed by atoms with Crippen LogP contribution in [0.25, 0.3) is 0 Å². The van der Waals surface area contributed by atoms with Crippen molar-refractivity contribution in [2.75, 3.05) is 18.8 Å². The fourth-order valence-electron chi connectivity index (χ4n) is 1.64. The van der Waals surface area contributed by atoms with Gasteiger partial charge in [-0.2, -0.15) is 0 Å². The zero-order valence-corrected chi connectivity index (χ0v) is 9.35. The second-order valence-corrected chi connectivity index (χ2v) is 4.68. The molecule has 4 N–H and O–H groups in total. The lowest BCUT2D eigenvalue weighted by Crippen LogP contribution is -2.31. The second kappa shape index (κ2) is 4.36. The molecular formula is C9H13N3O3S. The standard InChI is InChI=1S/C9H13N3O3S/c10-9-11-5(4-16-9)1-8(15)12-2-6(13)7(14)3-12/h4,6-7,13-14H,1-3H2,(H2,10,11)/t6-,7+. The second-order valence-electron chi connectivity index (χ2n) is 3.79. The zero-order chi connectivity index (χ0) is 11.7. The number of nitrogens with zero attached hydrogens (tertiary/aromatic N) is 2. The van der Waals surface area contributed by atoms with E-state index in [0.29, 0.717) is 10.8 Å². The number of thiazole rings is 1. The number of hydrogen-bond acceptors (Lipinski definition) is 6. The highest BCUT2D eigenvalue weighted by atomic mass is 32.1. The van der Waals surface area contributed by atoms with Crippen LogP contribution in [0.1, 0.15) is 5.69 Å². The molecule has 1 aliphatic rings. The van der Waals surface area contributed by atoms with E-state index in [0.717, 1.165) is 0 Å². The van der Waals surface area contributed by atoms with E-state index in [1.807, 2.05) is 0 Å². The number of amides is 1. The summed E-state index contributed by atoms with van der Waals surface area (Å²) in [5, 5.41) is 20.8. The number of carbonyl (C=O) groups excluding carboxylic acids is 1. The van der Waals surface area contributed by atoms with E-state index < -0.39 is 12.2 Å². The molecule has 2 atom stereocenters. The molecule has 0 spiro atoms. The van der Waals surface area contributed by atoms with Crippen LogP contribution < -0.4 is 5.73 Å². The summed E-state index contributed by atoms with van der Waals surface area (Å²) in [6.45, 7) is 0.360. The quantitative estimate of drug-likeness (QED) is 0.608. The van der Waals surface area contributed by atoms with Gasteiger partial charge in [0, 0.05) is 18.5 Å². The lowest BCUT2D eigenvalue weighted by molar-refractivity contribution is -0.130. The summed E-state index contributed by atoms with van der Waals surface area (Å²) in [6, 6.07) is 0. The molecule has 0 unspecified atom stereocenters. The van der Waals surface area contributed by atoms with Crippen LogP contribution in [-0.2, 0) is 11.2 Å². The molecule has 1 aromatic rings. The van der Waals surface area contributed by atoms with Crippen LogP contribution in [-0.4, -0.2) is 51.3 Å². The molecule has 1 fully saturated rings. The van der Waals surface area contributed by atoms with Crippen molar-refractivity contribution in [3.8, 4) is 0 Å². The normalized spacial score (nSPS) is 25.0. The number of rotatable bonds is 2. The van der Waals surface area contributed by atoms with Crippen molar-refractivity contribution in [1.29, 1.82) is 0 Å². The van der Waals surface area contributed by atoms with Crippen LogP contribution in [0.3, 0.4) is 0 Å². The molecule has 0 saturated carbocycles. The Balaban J connectivity index is 1.94. The third-order valence-corrected chi connectivity index (χ3v) is 3.24. The lowest BCUT2D eigenvalue weighted by atomic mass is 10.3. The van der Waals surface area contributed by atoms with Gasteiger partial charge in [0.05, 0.1) is 24.3 Å². The Morgan fingerprint density at radius 2 is 2.19 bits per heavy atom. The van der Waals surface area contributed by atoms with Gasteiger partial charge in [-0.05, 0) is 0 Å². The first kappa shape index (κ1) is 11.3. The molecule has 0 aromatic carbocycles. The van der Waals surface area contributed by atoms with Crippen molar-refractivity contribution in [3.05, 3.63) is 11.1 Å². The maximum Gasteiger partial charge on any atom is 0.228 e. The number of aromatic nitrogens is 1. The SMILES string of the molecule is Nc1nc(CC(=O)N2C[C@@H](O)[C@@H](O)C2)cs1. The maximum absolute atomic E-state index is 11.7. The summed E-state index contributed by atoms with van der Waals surface area (Å²) in [6.07, 6.45) is -1.53. The summed E-state index contributed by atoms with van der Waals surface area (Å²) in [5.41, 5.74) is 6.08. The number of nitrogen functional groups attached to an aromatic ring is 1. The van der Waals surface area contributed by atoms with E-state index in [9.17, 15) is 15.0 Å². The molecule has 1 aromatic heterocycles. The summed E-state index contributed by atoms with van der Waals surface area (Å²) >= 11 is 1.29. The molecule has 0 aliphatic carbocycles. The third-order valence-electron chi connectivity index (χ3n) is 2.51. The monoisotopic (exact) mass is 243 g/mol. The van der Waals surface area contributed by atoms with Gasteiger partial charge in [-0.15, -0.1) is 11.3 Å². The van der Waals surface area contributed by atoms with Gasteiger partial charge < -0.3 is 20.8 Å². The van der Waals surface area contributed by atoms with E-state index in [1.165, 1.54) is 16.2 Å². The predicted octanol–water partition coefficient (Wildman–Crippen LogP) is -1.17. The minimum Gasteiger partial charge on any atom is -0.388 e. The highest BCUT2D eigenvalue weighted by Crippen LogP contribution is 2.15. The number of aliphatic hydroxyl groups is 2. The average molecular weight is 243 g/mol. The highest BCUT2D eigenvalue weighted by molar-refractivity contribution is 7.13. The lowest BCUT2D eigenvalue weighted by Gasteiger charge is -2.14. The first-order valence-corrected chi connectivity index (χ1v) is 5.78. The van der Waals surface area contributed by atoms with E-state index in [4.69, 9.17) is 5.73 Å². The van der Waals surface area contributed by atoms with Crippen LogP contribution in [0.15, 0.2) is 5.38 Å². The molecule has 2 rings (SSSR count). The minimum atomic E-state index is -0.843. The number of hydrogen-bond donors (Lipinski definition) is 3. The van der Waals surface area contributed by atoms with Gasteiger partial charge in [-0.25, -0.2) is 4.98 Å². The van der Waals surface area contributed by atoms with Crippen LogP contribution in [0, 0.1) is 0 Å². The molecule has 7 heteroatoms. The third kappa shape index (κ3) is 2.31. The van der Waals surface area contributed by atoms with Crippen LogP contribution >= 0.6 is 11.3 Å². The van der Waals surface area contributed by atoms with Gasteiger partial charge in [0.2, 0.25) is 5.91 Å². The summed E-state index contributed by atoms with van der Waals surface area (Å²) < 4.78 is 0. The van der Waals surface area contributed by atoms with Crippen LogP contribution in [0.2, 0.25) is 0 Å². The number of nitrogens with two attached hydrogens (primary N) is 1. The van der Waals surface area contributed by atoms with Crippen molar-refractivity contribution in [2.24, 2.45) is 0 Å². The van der Waals surface area contributed by atoms with Crippen molar-refractivity contribution < 1.29 is 15.0 Å². The van der Waals surface area contributed by atoms with Gasteiger partial charge in [-0.1, -0.05) is 0 Å². The largest absolute Gasteiger partial charge is 0.388 e. The summed E-state index contributed by atoms with van der Waals surface area (Å²) in [5.74, 6) is -0.152. The maximum atomic E-state index is 11.7. The van der Waals surface area contributed by atoms with Crippen LogP contribution in [0.5, 0.6) is 0 Å². The average Bonchev–Trinajstić information content (AvgIpc) is 2.75. The van der Waals surface area contributed by atoms with Crippen molar-refractivity contribution in [1.82, 2.24) is 9.88 Å². The molecule has 16 heavy (non-hydrogen) atoms. The molecule has 1 saturated heterocycles. The first-order valence-electron chi connectivity index (χ1n) is 4.90. The Bertz CT molecular complexity index is 385. The number of anilines is 1. The van der Waals surface area contributed by atoms with Crippen molar-refractivity contribution in [2.45, 2.75) is 18.6 Å². The Labute approximate surface area is 96.3 Å². The number of β-amino-alcohol motifs (C(OH)–C–C–N with tert-alkyl or cyclic N) is 2. The first-order chi connectivity index (χ1) is 7.56. The molecule has 1 aliphatic heterocycles. The molecule has 2 heterocycles. The molecule has 0 bridgehead atoms. The summed E-state index contributed by atoms with van der Waals surface area (Å²) in [4.78, 5) is 17.2. The van der Waals surface area contributed by atoms with E-state index in [1.54, 1.807) is 5.38 Å². The van der Waals surface area contributed by atoms with Gasteiger partial charge in [0.25, 0.3) is 0 Å². The van der Waals surface area contributed by atoms with E-state index >= 15 is 0 Å². The van der Waals surface area contributed by atoms with Crippen LogP contribution in [0.4, 0.5) is 5.13 Å². The predicted molar refractivity (Wildman–Crippen MR) is 58.8 cm³/mol. The van der Waals surface area contributed by atoms with E-state index in [-0.39, 0.29) is 25.4 Å². The molecule has 1 amide bonds. The van der Waals surface area contributed by atoms with Crippen molar-refractivity contribution in [3.63, 3.8) is 0 Å². The van der Waals surface area contributed by atoms with Gasteiger partial charge in [0.1, 0.15) is 0 Å². The van der Waals surface area contributed by atoms with E-state index in [2.05, 4.69) is 4.98 Å². The van der Waals surface area contributed by atoms with Gasteiger partial charge >= 0.3 is 0 Å². The van der Waals surface area contributed by atoms with Gasteiger partial charge in [0.15, 0.2) is 5.13 Å². The molecule has 88 valence electrons. The number of aliphatic hydroxyl groups excluding tert-OH is 2. The Morgan fingerprint density at radius 1 is 1.56 bits per heavy atom. The summed E-state index contributed by atoms with van der Waals surface area (Å²) in [7, 11) is 0. The zero-order valence-electron chi connectivity index (χ0n) is 8.54. The smallest absolute Gasteiger partial charge is 0.228 e. The van der Waals surface area contributed by atoms with Gasteiger partial charge in [-0.3, -0.25) is 4.79 Å². The highest BCUT2D eigenvalue weighted by Gasteiger charge is 2.32. The Morgan fingerprint density at radius 3 is 2.69 bits per heavy atom. The molecule has 6 nitrogen and oxygen atoms in total. The molecule has 0 radical (unpaired) electrons. The number of carbonyl (C=O) groups is 1. The fourth-order valence-corrected chi connectivity index (χ4v) is 2.21. The minimum absolute atomic E-state index is 0.152. The number of likely N-dealkylation sites (tertiary alicyclic amines) is 1. The fraction of sp³-hybridized carbons (Fsp3) is 0.556.